The minimum atomic E-state index is -5.76. The third-order valence-corrected chi connectivity index (χ3v) is 6.63. The van der Waals surface area contributed by atoms with Crippen molar-refractivity contribution in [1.29, 1.82) is 0 Å². The van der Waals surface area contributed by atoms with E-state index in [0.717, 1.165) is 21.4 Å². The summed E-state index contributed by atoms with van der Waals surface area (Å²) in [5, 5.41) is 0. The molecule has 0 aliphatic rings. The Bertz CT molecular complexity index is 1690. The Hall–Kier alpha value is -3.26. The third-order valence-electron chi connectivity index (χ3n) is 5.66. The van der Waals surface area contributed by atoms with Gasteiger partial charge in [0, 0.05) is 6.54 Å². The molecule has 4 aromatic rings. The molecule has 0 spiro atoms. The summed E-state index contributed by atoms with van der Waals surface area (Å²) < 4.78 is 76.1. The van der Waals surface area contributed by atoms with Gasteiger partial charge in [-0.3, -0.25) is 9.53 Å². The van der Waals surface area contributed by atoms with E-state index in [1.807, 2.05) is 25.1 Å². The number of ether oxygens (including phenoxy) is 1. The molecule has 9 nitrogen and oxygen atoms in total. The number of halogens is 3. The van der Waals surface area contributed by atoms with Crippen molar-refractivity contribution >= 4 is 10.1 Å². The average Bonchev–Trinajstić information content (AvgIpc) is 3.15. The maximum absolute atomic E-state index is 12.6. The second-order valence-electron chi connectivity index (χ2n) is 8.27. The van der Waals surface area contributed by atoms with Crippen LogP contribution in [0.4, 0.5) is 13.2 Å². The van der Waals surface area contributed by atoms with Gasteiger partial charge in [0.05, 0.1) is 0 Å². The van der Waals surface area contributed by atoms with E-state index in [2.05, 4.69) is 9.17 Å². The van der Waals surface area contributed by atoms with Crippen LogP contribution in [0.1, 0.15) is 22.3 Å². The van der Waals surface area contributed by atoms with Gasteiger partial charge in [-0.2, -0.15) is 21.6 Å². The van der Waals surface area contributed by atoms with Crippen molar-refractivity contribution < 1.29 is 64.6 Å². The summed E-state index contributed by atoms with van der Waals surface area (Å²) in [5.41, 5.74) is -1.89. The zero-order valence-corrected chi connectivity index (χ0v) is 23.8. The van der Waals surface area contributed by atoms with Gasteiger partial charge in [0.1, 0.15) is 18.1 Å². The molecule has 14 heteroatoms. The molecule has 0 amide bonds. The van der Waals surface area contributed by atoms with Crippen LogP contribution in [0.3, 0.4) is 0 Å². The molecular formula is C25H20F3N2NaO7S. The molecule has 0 fully saturated rings. The van der Waals surface area contributed by atoms with Crippen LogP contribution in [0.15, 0.2) is 74.8 Å². The molecule has 4 rings (SSSR count). The third kappa shape index (κ3) is 7.04. The van der Waals surface area contributed by atoms with Crippen LogP contribution in [0.5, 0.6) is 11.5 Å². The summed E-state index contributed by atoms with van der Waals surface area (Å²) in [5.74, 6) is -0.844. The van der Waals surface area contributed by atoms with Crippen LogP contribution in [-0.2, 0) is 23.3 Å². The summed E-state index contributed by atoms with van der Waals surface area (Å²) in [6, 6.07) is 16.2. The fourth-order valence-electron chi connectivity index (χ4n) is 3.70. The van der Waals surface area contributed by atoms with Gasteiger partial charge in [0.2, 0.25) is 0 Å². The fourth-order valence-corrected chi connectivity index (χ4v) is 4.15. The van der Waals surface area contributed by atoms with Gasteiger partial charge in [-0.05, 0) is 71.5 Å². The fraction of sp³-hybridized carbons (Fsp3) is 0.200. The van der Waals surface area contributed by atoms with Crippen LogP contribution in [0.25, 0.3) is 11.1 Å². The quantitative estimate of drug-likeness (QED) is 0.174. The van der Waals surface area contributed by atoms with E-state index >= 15 is 0 Å². The largest absolute Gasteiger partial charge is 1.00 e. The Labute approximate surface area is 242 Å². The van der Waals surface area contributed by atoms with E-state index in [1.54, 1.807) is 31.2 Å². The molecule has 0 aliphatic carbocycles. The molecule has 200 valence electrons. The summed E-state index contributed by atoms with van der Waals surface area (Å²) in [4.78, 5) is 25.7. The maximum atomic E-state index is 12.6. The monoisotopic (exact) mass is 572 g/mol. The normalized spacial score (nSPS) is 11.6. The van der Waals surface area contributed by atoms with Crippen LogP contribution < -0.4 is 54.9 Å². The SMILES string of the molecule is Cc1cc(OS(=O)(=O)C(F)(F)F)ccc1-c1cccc(COc2ccc(Cn3oc(=O)[n-]c3=O)cc2)c1C.[Na+]. The molecule has 3 aromatic carbocycles. The number of hydrogen-bond donors (Lipinski definition) is 0. The summed E-state index contributed by atoms with van der Waals surface area (Å²) in [6.07, 6.45) is 0. The molecule has 0 aliphatic heterocycles. The molecule has 0 saturated heterocycles. The zero-order chi connectivity index (χ0) is 27.7. The van der Waals surface area contributed by atoms with Crippen LogP contribution in [0, 0.1) is 13.8 Å². The molecule has 39 heavy (non-hydrogen) atoms. The Morgan fingerprint density at radius 2 is 1.62 bits per heavy atom. The van der Waals surface area contributed by atoms with Crippen molar-refractivity contribution in [3.8, 4) is 22.6 Å². The first-order valence-electron chi connectivity index (χ1n) is 11.0. The number of benzene rings is 3. The van der Waals surface area contributed by atoms with Gasteiger partial charge in [-0.25, -0.2) is 4.79 Å². The van der Waals surface area contributed by atoms with Crippen molar-refractivity contribution in [3.05, 3.63) is 104 Å². The summed E-state index contributed by atoms with van der Waals surface area (Å²) >= 11 is 0. The first kappa shape index (κ1) is 30.3. The van der Waals surface area contributed by atoms with E-state index < -0.39 is 32.8 Å². The maximum Gasteiger partial charge on any atom is 1.00 e. The number of rotatable bonds is 8. The first-order valence-corrected chi connectivity index (χ1v) is 12.4. The topological polar surface area (TPSA) is 119 Å². The van der Waals surface area contributed by atoms with Gasteiger partial charge in [-0.15, -0.1) is 0 Å². The molecule has 1 heterocycles. The van der Waals surface area contributed by atoms with Crippen LogP contribution >= 0.6 is 0 Å². The molecule has 0 N–H and O–H groups in total. The van der Waals surface area contributed by atoms with Crippen molar-refractivity contribution in [3.63, 3.8) is 0 Å². The van der Waals surface area contributed by atoms with Crippen LogP contribution in [-0.4, -0.2) is 18.7 Å². The Morgan fingerprint density at radius 1 is 0.949 bits per heavy atom. The Morgan fingerprint density at radius 3 is 2.21 bits per heavy atom. The number of alkyl halides is 3. The Kier molecular flexibility index (Phi) is 9.21. The second-order valence-corrected chi connectivity index (χ2v) is 9.81. The number of hydrogen-bond acceptors (Lipinski definition) is 7. The van der Waals surface area contributed by atoms with E-state index in [-0.39, 0.29) is 42.7 Å². The van der Waals surface area contributed by atoms with Crippen LogP contribution in [0.2, 0.25) is 0 Å². The molecular weight excluding hydrogens is 552 g/mol. The predicted molar refractivity (Wildman–Crippen MR) is 129 cm³/mol. The molecule has 0 atom stereocenters. The average molecular weight is 572 g/mol. The standard InChI is InChI=1S/C25H21F3N2O7S.Na/c1-15-12-20(37-38(33,34)25(26,27)28)10-11-21(15)22-5-3-4-18(16(22)2)14-35-19-8-6-17(7-9-19)13-30-23(31)29-24(32)36-30;/h3-12H,13-14H2,1-2H3,(H,29,31,32);/q;+1/p-1. The molecule has 0 saturated carbocycles. The molecule has 0 bridgehead atoms. The molecule has 0 radical (unpaired) electrons. The van der Waals surface area contributed by atoms with Gasteiger partial charge in [-0.1, -0.05) is 36.4 Å². The molecule has 0 unspecified atom stereocenters. The first-order chi connectivity index (χ1) is 17.8. The van der Waals surface area contributed by atoms with Crippen molar-refractivity contribution in [2.75, 3.05) is 0 Å². The van der Waals surface area contributed by atoms with Gasteiger partial charge in [0.15, 0.2) is 5.69 Å². The van der Waals surface area contributed by atoms with E-state index in [4.69, 9.17) is 9.26 Å². The van der Waals surface area contributed by atoms with Gasteiger partial charge < -0.3 is 18.4 Å². The Balaban J connectivity index is 0.00000420. The van der Waals surface area contributed by atoms with Crippen molar-refractivity contribution in [2.24, 2.45) is 0 Å². The summed E-state index contributed by atoms with van der Waals surface area (Å²) in [6.45, 7) is 3.76. The zero-order valence-electron chi connectivity index (χ0n) is 21.0. The van der Waals surface area contributed by atoms with Gasteiger partial charge >= 0.3 is 50.9 Å². The van der Waals surface area contributed by atoms with Crippen molar-refractivity contribution in [1.82, 2.24) is 9.72 Å². The minimum absolute atomic E-state index is 0. The number of aryl methyl sites for hydroxylation is 1. The van der Waals surface area contributed by atoms with Crippen molar-refractivity contribution in [2.45, 2.75) is 32.5 Å². The predicted octanol–water partition coefficient (Wildman–Crippen LogP) is 0.902. The number of nitrogens with zero attached hydrogens (tertiary/aromatic N) is 2. The van der Waals surface area contributed by atoms with E-state index in [0.29, 0.717) is 22.4 Å². The van der Waals surface area contributed by atoms with E-state index in [9.17, 15) is 31.2 Å². The second kappa shape index (κ2) is 11.9. The number of aromatic nitrogens is 2. The molecule has 1 aromatic heterocycles. The smallest absolute Gasteiger partial charge is 0.489 e. The summed E-state index contributed by atoms with van der Waals surface area (Å²) in [7, 11) is -5.76. The van der Waals surface area contributed by atoms with E-state index in [1.165, 1.54) is 18.2 Å². The van der Waals surface area contributed by atoms with Gasteiger partial charge in [0.25, 0.3) is 0 Å². The minimum Gasteiger partial charge on any atom is -0.489 e.